The van der Waals surface area contributed by atoms with Crippen LogP contribution < -0.4 is 5.43 Å². The van der Waals surface area contributed by atoms with Gasteiger partial charge in [-0.25, -0.2) is 10.4 Å². The number of aromatic nitrogens is 1. The van der Waals surface area contributed by atoms with E-state index in [0.29, 0.717) is 11.3 Å². The predicted molar refractivity (Wildman–Crippen MR) is 105 cm³/mol. The molecule has 0 saturated carbocycles. The maximum Gasteiger partial charge on any atom is 0.271 e. The summed E-state index contributed by atoms with van der Waals surface area (Å²) in [5.41, 5.74) is 6.61. The average molecular weight is 365 g/mol. The first-order valence-corrected chi connectivity index (χ1v) is 8.95. The lowest BCUT2D eigenvalue weighted by molar-refractivity contribution is 0.0954. The van der Waals surface area contributed by atoms with Gasteiger partial charge in [0.25, 0.3) is 5.91 Å². The van der Waals surface area contributed by atoms with E-state index in [2.05, 4.69) is 15.5 Å². The number of thiazole rings is 1. The van der Waals surface area contributed by atoms with Gasteiger partial charge in [-0.15, -0.1) is 11.3 Å². The summed E-state index contributed by atoms with van der Waals surface area (Å²) < 4.78 is 0. The average Bonchev–Trinajstić information content (AvgIpc) is 3.02. The number of aryl methyl sites for hydroxylation is 2. The zero-order valence-corrected chi connectivity index (χ0v) is 15.6. The van der Waals surface area contributed by atoms with Gasteiger partial charge in [0.15, 0.2) is 0 Å². The van der Waals surface area contributed by atoms with Gasteiger partial charge in [0.1, 0.15) is 10.8 Å². The molecule has 0 aliphatic carbocycles. The number of phenolic OH excluding ortho intramolecular Hbond substituents is 1. The highest BCUT2D eigenvalue weighted by Gasteiger charge is 2.13. The van der Waals surface area contributed by atoms with E-state index in [4.69, 9.17) is 0 Å². The molecule has 6 heteroatoms. The van der Waals surface area contributed by atoms with E-state index in [0.717, 1.165) is 26.7 Å². The van der Waals surface area contributed by atoms with Gasteiger partial charge in [-0.05, 0) is 56.7 Å². The number of carbonyl (C=O) groups is 1. The minimum atomic E-state index is -0.233. The van der Waals surface area contributed by atoms with Crippen LogP contribution in [0.1, 0.15) is 33.4 Å². The number of hydrazone groups is 1. The van der Waals surface area contributed by atoms with Crippen molar-refractivity contribution in [2.45, 2.75) is 20.8 Å². The molecule has 3 rings (SSSR count). The van der Waals surface area contributed by atoms with Crippen molar-refractivity contribution in [3.8, 4) is 16.3 Å². The quantitative estimate of drug-likeness (QED) is 0.535. The molecule has 1 heterocycles. The molecule has 0 aliphatic heterocycles. The van der Waals surface area contributed by atoms with Crippen molar-refractivity contribution in [1.29, 1.82) is 0 Å². The summed E-state index contributed by atoms with van der Waals surface area (Å²) in [6, 6.07) is 14.3. The van der Waals surface area contributed by atoms with E-state index >= 15 is 0 Å². The molecule has 26 heavy (non-hydrogen) atoms. The summed E-state index contributed by atoms with van der Waals surface area (Å²) in [6.07, 6.45) is 0. The molecule has 3 aromatic rings. The number of benzene rings is 2. The number of aromatic hydroxyl groups is 1. The van der Waals surface area contributed by atoms with Gasteiger partial charge < -0.3 is 5.11 Å². The molecule has 0 spiro atoms. The van der Waals surface area contributed by atoms with E-state index < -0.39 is 0 Å². The summed E-state index contributed by atoms with van der Waals surface area (Å²) in [5, 5.41) is 14.5. The molecule has 0 saturated heterocycles. The Bertz CT molecular complexity index is 975. The smallest absolute Gasteiger partial charge is 0.271 e. The van der Waals surface area contributed by atoms with Crippen LogP contribution in [-0.4, -0.2) is 21.7 Å². The Morgan fingerprint density at radius 1 is 1.12 bits per heavy atom. The second-order valence-corrected chi connectivity index (χ2v) is 6.93. The van der Waals surface area contributed by atoms with E-state index in [9.17, 15) is 9.90 Å². The summed E-state index contributed by atoms with van der Waals surface area (Å²) in [5.74, 6) is -0.0118. The van der Waals surface area contributed by atoms with Crippen molar-refractivity contribution in [3.63, 3.8) is 0 Å². The molecule has 1 amide bonds. The molecule has 2 aromatic carbocycles. The molecule has 5 nitrogen and oxygen atoms in total. The Labute approximate surface area is 156 Å². The highest BCUT2D eigenvalue weighted by atomic mass is 32.1. The van der Waals surface area contributed by atoms with Gasteiger partial charge in [-0.1, -0.05) is 18.2 Å². The van der Waals surface area contributed by atoms with E-state index in [1.165, 1.54) is 11.3 Å². The van der Waals surface area contributed by atoms with Crippen LogP contribution in [-0.2, 0) is 0 Å². The Hall–Kier alpha value is -2.99. The minimum Gasteiger partial charge on any atom is -0.508 e. The number of nitrogens with zero attached hydrogens (tertiary/aromatic N) is 2. The van der Waals surface area contributed by atoms with Crippen molar-refractivity contribution in [2.75, 3.05) is 0 Å². The lowest BCUT2D eigenvalue weighted by Gasteiger charge is -2.04. The Morgan fingerprint density at radius 3 is 2.50 bits per heavy atom. The number of hydrogen-bond donors (Lipinski definition) is 2. The molecule has 0 bridgehead atoms. The van der Waals surface area contributed by atoms with Crippen LogP contribution in [0.2, 0.25) is 0 Å². The van der Waals surface area contributed by atoms with E-state index in [-0.39, 0.29) is 11.7 Å². The van der Waals surface area contributed by atoms with Gasteiger partial charge in [-0.3, -0.25) is 4.79 Å². The Balaban J connectivity index is 1.80. The molecule has 1 aromatic heterocycles. The highest BCUT2D eigenvalue weighted by Crippen LogP contribution is 2.29. The van der Waals surface area contributed by atoms with Crippen LogP contribution in [0.4, 0.5) is 0 Å². The monoisotopic (exact) mass is 365 g/mol. The molecule has 0 fully saturated rings. The van der Waals surface area contributed by atoms with Gasteiger partial charge in [0, 0.05) is 11.1 Å². The van der Waals surface area contributed by atoms with Gasteiger partial charge in [0.05, 0.1) is 16.3 Å². The number of phenols is 1. The number of carbonyl (C=O) groups excluding carboxylic acids is 1. The van der Waals surface area contributed by atoms with Crippen LogP contribution in [0.3, 0.4) is 0 Å². The fourth-order valence-corrected chi connectivity index (χ4v) is 3.55. The predicted octanol–water partition coefficient (Wildman–Crippen LogP) is 4.29. The van der Waals surface area contributed by atoms with Gasteiger partial charge in [-0.2, -0.15) is 5.10 Å². The first kappa shape index (κ1) is 17.8. The molecule has 132 valence electrons. The second-order valence-electron chi connectivity index (χ2n) is 5.93. The zero-order chi connectivity index (χ0) is 18.7. The van der Waals surface area contributed by atoms with Crippen LogP contribution in [0.25, 0.3) is 10.6 Å². The highest BCUT2D eigenvalue weighted by molar-refractivity contribution is 7.17. The number of nitrogens with one attached hydrogen (secondary N) is 1. The zero-order valence-electron chi connectivity index (χ0n) is 14.8. The fourth-order valence-electron chi connectivity index (χ4n) is 2.53. The van der Waals surface area contributed by atoms with Crippen LogP contribution in [0.15, 0.2) is 53.6 Å². The number of rotatable bonds is 4. The molecule has 0 aliphatic rings. The van der Waals surface area contributed by atoms with E-state index in [1.54, 1.807) is 18.2 Å². The van der Waals surface area contributed by atoms with E-state index in [1.807, 2.05) is 51.1 Å². The Morgan fingerprint density at radius 2 is 1.81 bits per heavy atom. The molecular weight excluding hydrogens is 346 g/mol. The van der Waals surface area contributed by atoms with Crippen molar-refractivity contribution in [2.24, 2.45) is 5.10 Å². The third-order valence-corrected chi connectivity index (χ3v) is 5.27. The lowest BCUT2D eigenvalue weighted by Crippen LogP contribution is -2.20. The minimum absolute atomic E-state index is 0.221. The van der Waals surface area contributed by atoms with Gasteiger partial charge in [0.2, 0.25) is 0 Å². The van der Waals surface area contributed by atoms with Crippen LogP contribution in [0, 0.1) is 13.8 Å². The first-order valence-electron chi connectivity index (χ1n) is 8.13. The standard InChI is InChI=1S/C20H19N3O2S/c1-12-6-4-5-7-17(12)19(25)23-22-14(3)18-13(2)21-20(26-18)15-8-10-16(24)11-9-15/h4-11,24H,1-3H3,(H,23,25)/b22-14+. The molecule has 0 unspecified atom stereocenters. The van der Waals surface area contributed by atoms with Crippen molar-refractivity contribution < 1.29 is 9.90 Å². The molecular formula is C20H19N3O2S. The fraction of sp³-hybridized carbons (Fsp3) is 0.150. The summed E-state index contributed by atoms with van der Waals surface area (Å²) in [6.45, 7) is 5.65. The number of amides is 1. The van der Waals surface area contributed by atoms with Crippen LogP contribution in [0.5, 0.6) is 5.75 Å². The molecule has 0 radical (unpaired) electrons. The molecule has 2 N–H and O–H groups in total. The summed E-state index contributed by atoms with van der Waals surface area (Å²) >= 11 is 1.50. The molecule has 0 atom stereocenters. The Kier molecular flexibility index (Phi) is 5.14. The van der Waals surface area contributed by atoms with Gasteiger partial charge >= 0.3 is 0 Å². The third-order valence-electron chi connectivity index (χ3n) is 3.95. The number of hydrogen-bond acceptors (Lipinski definition) is 5. The summed E-state index contributed by atoms with van der Waals surface area (Å²) in [4.78, 5) is 17.8. The second kappa shape index (κ2) is 7.49. The first-order chi connectivity index (χ1) is 12.5. The maximum atomic E-state index is 12.3. The normalized spacial score (nSPS) is 11.4. The SMILES string of the molecule is C/C(=N\NC(=O)c1ccccc1C)c1sc(-c2ccc(O)cc2)nc1C. The van der Waals surface area contributed by atoms with Crippen molar-refractivity contribution in [1.82, 2.24) is 10.4 Å². The third kappa shape index (κ3) is 3.81. The van der Waals surface area contributed by atoms with Crippen molar-refractivity contribution in [3.05, 3.63) is 70.2 Å². The largest absolute Gasteiger partial charge is 0.508 e. The van der Waals surface area contributed by atoms with Crippen molar-refractivity contribution >= 4 is 23.0 Å². The summed E-state index contributed by atoms with van der Waals surface area (Å²) in [7, 11) is 0. The topological polar surface area (TPSA) is 74.6 Å². The van der Waals surface area contributed by atoms with Crippen LogP contribution >= 0.6 is 11.3 Å². The lowest BCUT2D eigenvalue weighted by atomic mass is 10.1. The maximum absolute atomic E-state index is 12.3.